The van der Waals surface area contributed by atoms with Crippen LogP contribution in [0.5, 0.6) is 0 Å². The highest BCUT2D eigenvalue weighted by Crippen LogP contribution is 2.45. The normalized spacial score (nSPS) is 28.8. The first-order chi connectivity index (χ1) is 15.7. The standard InChI is InChI=1S/C11H22N4O2.C10H24N4O2/c1-2-8-3-11(15(16)17)4-9(6-12)14(8)10(5-11)7-13;11-7-1-4-10(14(15)16,5-2-8-12)6-3-9-13/h8-10H,2-7,12-13H2,1H3;1-9,11-13H2/t8?,9-,10?,11?;/m1./s1. The molecular weight excluding hydrogens is 428 g/mol. The number of hydrogen-bond acceptors (Lipinski definition) is 10. The summed E-state index contributed by atoms with van der Waals surface area (Å²) in [6.45, 7) is 4.52. The van der Waals surface area contributed by atoms with Crippen molar-refractivity contribution in [2.75, 3.05) is 32.7 Å². The monoisotopic (exact) mass is 474 g/mol. The van der Waals surface area contributed by atoms with Gasteiger partial charge in [-0.25, -0.2) is 0 Å². The smallest absolute Gasteiger partial charge is 0.226 e. The van der Waals surface area contributed by atoms with Crippen molar-refractivity contribution in [2.45, 2.75) is 100 Å². The van der Waals surface area contributed by atoms with E-state index in [1.165, 1.54) is 0 Å². The van der Waals surface area contributed by atoms with Crippen molar-refractivity contribution < 1.29 is 9.85 Å². The highest BCUT2D eigenvalue weighted by molar-refractivity contribution is 5.07. The molecule has 12 nitrogen and oxygen atoms in total. The first kappa shape index (κ1) is 29.6. The molecule has 3 aliphatic heterocycles. The average Bonchev–Trinajstić information content (AvgIpc) is 2.83. The van der Waals surface area contributed by atoms with Crippen molar-refractivity contribution >= 4 is 0 Å². The molecule has 3 heterocycles. The topological polar surface area (TPSA) is 220 Å². The molecule has 0 aromatic rings. The van der Waals surface area contributed by atoms with Gasteiger partial charge in [0.25, 0.3) is 0 Å². The Morgan fingerprint density at radius 3 is 1.48 bits per heavy atom. The summed E-state index contributed by atoms with van der Waals surface area (Å²) in [4.78, 5) is 24.8. The summed E-state index contributed by atoms with van der Waals surface area (Å²) >= 11 is 0. The molecule has 2 bridgehead atoms. The molecule has 0 aliphatic carbocycles. The minimum atomic E-state index is -0.863. The van der Waals surface area contributed by atoms with Gasteiger partial charge >= 0.3 is 0 Å². The van der Waals surface area contributed by atoms with Gasteiger partial charge in [-0.2, -0.15) is 0 Å². The Balaban J connectivity index is 0.000000331. The molecule has 3 fully saturated rings. The Kier molecular flexibility index (Phi) is 12.6. The van der Waals surface area contributed by atoms with Gasteiger partial charge in [0.2, 0.25) is 11.1 Å². The van der Waals surface area contributed by atoms with Gasteiger partial charge in [0.15, 0.2) is 0 Å². The first-order valence-electron chi connectivity index (χ1n) is 12.3. The summed E-state index contributed by atoms with van der Waals surface area (Å²) in [7, 11) is 0. The second-order valence-electron chi connectivity index (χ2n) is 9.54. The number of piperidine rings is 3. The van der Waals surface area contributed by atoms with Gasteiger partial charge < -0.3 is 28.7 Å². The average molecular weight is 475 g/mol. The number of fused-ring (bicyclic) bond motifs is 3. The van der Waals surface area contributed by atoms with Gasteiger partial charge in [-0.05, 0) is 45.3 Å². The molecule has 0 radical (unpaired) electrons. The molecule has 4 unspecified atom stereocenters. The van der Waals surface area contributed by atoms with Crippen LogP contribution in [0.15, 0.2) is 0 Å². The van der Waals surface area contributed by atoms with Gasteiger partial charge in [-0.15, -0.1) is 0 Å². The molecule has 194 valence electrons. The van der Waals surface area contributed by atoms with Crippen LogP contribution in [0.4, 0.5) is 0 Å². The Morgan fingerprint density at radius 2 is 1.21 bits per heavy atom. The van der Waals surface area contributed by atoms with E-state index in [-0.39, 0.29) is 28.0 Å². The SMILES string of the molecule is CCC1CC2([N+](=O)[O-])CC(CN)N1[C@@H](CN)C2.NCCCC(CCCN)(CCCN)[N+](=O)[O-]. The largest absolute Gasteiger partial charge is 0.330 e. The van der Waals surface area contributed by atoms with Crippen molar-refractivity contribution in [2.24, 2.45) is 28.7 Å². The van der Waals surface area contributed by atoms with Gasteiger partial charge in [-0.3, -0.25) is 25.1 Å². The maximum Gasteiger partial charge on any atom is 0.226 e. The summed E-state index contributed by atoms with van der Waals surface area (Å²) in [5, 5.41) is 22.6. The maximum absolute atomic E-state index is 11.4. The third-order valence-electron chi connectivity index (χ3n) is 7.44. The van der Waals surface area contributed by atoms with Crippen LogP contribution >= 0.6 is 0 Å². The van der Waals surface area contributed by atoms with Crippen molar-refractivity contribution in [3.63, 3.8) is 0 Å². The zero-order chi connectivity index (χ0) is 25.1. The predicted molar refractivity (Wildman–Crippen MR) is 130 cm³/mol. The fourth-order valence-electron chi connectivity index (χ4n) is 5.71. The van der Waals surface area contributed by atoms with Crippen LogP contribution in [-0.4, -0.2) is 76.7 Å². The van der Waals surface area contributed by atoms with Crippen molar-refractivity contribution in [3.05, 3.63) is 20.2 Å². The summed E-state index contributed by atoms with van der Waals surface area (Å²) in [5.41, 5.74) is 26.2. The molecular formula is C21H46N8O4. The Morgan fingerprint density at radius 1 is 0.818 bits per heavy atom. The number of nitro groups is 2. The van der Waals surface area contributed by atoms with Crippen LogP contribution in [0.3, 0.4) is 0 Å². The van der Waals surface area contributed by atoms with Gasteiger partial charge in [0.1, 0.15) is 0 Å². The van der Waals surface area contributed by atoms with Gasteiger partial charge in [0, 0.05) is 79.6 Å². The molecule has 0 spiro atoms. The molecule has 33 heavy (non-hydrogen) atoms. The Hall–Kier alpha value is -1.44. The van der Waals surface area contributed by atoms with E-state index in [9.17, 15) is 20.2 Å². The zero-order valence-electron chi connectivity index (χ0n) is 20.2. The van der Waals surface area contributed by atoms with E-state index >= 15 is 0 Å². The van der Waals surface area contributed by atoms with E-state index in [4.69, 9.17) is 28.7 Å². The summed E-state index contributed by atoms with van der Waals surface area (Å²) in [6.07, 6.45) is 6.37. The van der Waals surface area contributed by atoms with Gasteiger partial charge in [0.05, 0.1) is 0 Å². The van der Waals surface area contributed by atoms with Gasteiger partial charge in [-0.1, -0.05) is 6.92 Å². The van der Waals surface area contributed by atoms with Crippen LogP contribution in [0.1, 0.15) is 71.1 Å². The lowest BCUT2D eigenvalue weighted by Crippen LogP contribution is -2.71. The number of hydrogen-bond donors (Lipinski definition) is 5. The van der Waals surface area contributed by atoms with Crippen LogP contribution in [0, 0.1) is 20.2 Å². The molecule has 10 N–H and O–H groups in total. The lowest BCUT2D eigenvalue weighted by Gasteiger charge is -2.56. The summed E-state index contributed by atoms with van der Waals surface area (Å²) < 4.78 is 0. The van der Waals surface area contributed by atoms with Crippen LogP contribution in [-0.2, 0) is 0 Å². The molecule has 0 aromatic carbocycles. The fraction of sp³-hybridized carbons (Fsp3) is 1.00. The molecule has 0 aromatic heterocycles. The quantitative estimate of drug-likeness (QED) is 0.169. The summed E-state index contributed by atoms with van der Waals surface area (Å²) in [6, 6.07) is 0.521. The molecule has 12 heteroatoms. The highest BCUT2D eigenvalue weighted by atomic mass is 16.6. The Bertz CT molecular complexity index is 551. The van der Waals surface area contributed by atoms with Crippen molar-refractivity contribution in [3.8, 4) is 0 Å². The molecule has 3 saturated heterocycles. The Labute approximate surface area is 197 Å². The number of rotatable bonds is 14. The molecule has 3 rings (SSSR count). The number of nitrogens with two attached hydrogens (primary N) is 5. The van der Waals surface area contributed by atoms with E-state index in [1.807, 2.05) is 0 Å². The molecule has 3 aliphatic rings. The second kappa shape index (κ2) is 14.1. The summed E-state index contributed by atoms with van der Waals surface area (Å²) in [5.74, 6) is 0. The fourth-order valence-corrected chi connectivity index (χ4v) is 5.71. The minimum Gasteiger partial charge on any atom is -0.330 e. The molecule has 5 atom stereocenters. The highest BCUT2D eigenvalue weighted by Gasteiger charge is 2.59. The lowest BCUT2D eigenvalue weighted by molar-refractivity contribution is -0.588. The third kappa shape index (κ3) is 7.27. The third-order valence-corrected chi connectivity index (χ3v) is 7.44. The lowest BCUT2D eigenvalue weighted by atomic mass is 9.69. The van der Waals surface area contributed by atoms with E-state index in [2.05, 4.69) is 11.8 Å². The zero-order valence-corrected chi connectivity index (χ0v) is 20.2. The maximum atomic E-state index is 11.4. The van der Waals surface area contributed by atoms with Crippen LogP contribution in [0.2, 0.25) is 0 Å². The first-order valence-corrected chi connectivity index (χ1v) is 12.3. The van der Waals surface area contributed by atoms with Crippen molar-refractivity contribution in [1.29, 1.82) is 0 Å². The minimum absolute atomic E-state index is 0.0719. The van der Waals surface area contributed by atoms with Crippen molar-refractivity contribution in [1.82, 2.24) is 4.90 Å². The van der Waals surface area contributed by atoms with E-state index in [1.54, 1.807) is 0 Å². The van der Waals surface area contributed by atoms with Crippen LogP contribution < -0.4 is 28.7 Å². The molecule has 0 amide bonds. The second-order valence-corrected chi connectivity index (χ2v) is 9.54. The van der Waals surface area contributed by atoms with E-state index < -0.39 is 11.1 Å². The van der Waals surface area contributed by atoms with E-state index in [0.717, 1.165) is 6.42 Å². The van der Waals surface area contributed by atoms with Crippen LogP contribution in [0.25, 0.3) is 0 Å². The predicted octanol–water partition coefficient (Wildman–Crippen LogP) is 0.153. The number of nitrogens with zero attached hydrogens (tertiary/aromatic N) is 3. The molecule has 0 saturated carbocycles. The van der Waals surface area contributed by atoms with E-state index in [0.29, 0.717) is 90.5 Å².